The summed E-state index contributed by atoms with van der Waals surface area (Å²) in [5, 5.41) is 1.62. The largest absolute Gasteiger partial charge is 0.459 e. The molecule has 0 unspecified atom stereocenters. The van der Waals surface area contributed by atoms with E-state index in [1.165, 1.54) is 0 Å². The van der Waals surface area contributed by atoms with Gasteiger partial charge in [-0.25, -0.2) is 0 Å². The molecule has 4 nitrogen and oxygen atoms in total. The van der Waals surface area contributed by atoms with Crippen molar-refractivity contribution in [3.05, 3.63) is 65.1 Å². The first kappa shape index (κ1) is 14.6. The molecule has 22 heavy (non-hydrogen) atoms. The predicted molar refractivity (Wildman–Crippen MR) is 85.7 cm³/mol. The number of nitrogens with one attached hydrogen (secondary N) is 1. The molecular formula is C17H15ClN2O2. The van der Waals surface area contributed by atoms with E-state index in [-0.39, 0.29) is 12.6 Å². The van der Waals surface area contributed by atoms with E-state index in [1.54, 1.807) is 12.4 Å². The number of esters is 1. The Balaban J connectivity index is 1.55. The fourth-order valence-electron chi connectivity index (χ4n) is 2.28. The molecule has 3 rings (SSSR count). The van der Waals surface area contributed by atoms with Crippen molar-refractivity contribution in [1.82, 2.24) is 9.97 Å². The lowest BCUT2D eigenvalue weighted by molar-refractivity contribution is -0.145. The number of pyridine rings is 1. The molecule has 0 atom stereocenters. The molecule has 0 saturated heterocycles. The van der Waals surface area contributed by atoms with Gasteiger partial charge in [0.25, 0.3) is 0 Å². The number of aromatic nitrogens is 2. The first-order valence-electron chi connectivity index (χ1n) is 7.03. The predicted octanol–water partition coefficient (Wildman–Crippen LogP) is 3.89. The number of carbonyl (C=O) groups is 1. The van der Waals surface area contributed by atoms with Gasteiger partial charge in [0.15, 0.2) is 0 Å². The van der Waals surface area contributed by atoms with Gasteiger partial charge in [-0.2, -0.15) is 0 Å². The van der Waals surface area contributed by atoms with Gasteiger partial charge in [0.1, 0.15) is 6.61 Å². The van der Waals surface area contributed by atoms with Crippen LogP contribution in [-0.4, -0.2) is 15.9 Å². The molecule has 2 aromatic heterocycles. The third kappa shape index (κ3) is 3.46. The highest BCUT2D eigenvalue weighted by Gasteiger charge is 2.07. The number of H-pyrrole nitrogens is 1. The highest BCUT2D eigenvalue weighted by atomic mass is 35.5. The second-order valence-corrected chi connectivity index (χ2v) is 5.42. The van der Waals surface area contributed by atoms with Crippen LogP contribution in [0.4, 0.5) is 0 Å². The summed E-state index contributed by atoms with van der Waals surface area (Å²) in [6, 6.07) is 11.4. The lowest BCUT2D eigenvalue weighted by atomic mass is 10.2. The Morgan fingerprint density at radius 3 is 2.95 bits per heavy atom. The molecule has 0 aliphatic heterocycles. The van der Waals surface area contributed by atoms with Gasteiger partial charge in [0.05, 0.1) is 5.69 Å². The Morgan fingerprint density at radius 2 is 2.18 bits per heavy atom. The zero-order valence-electron chi connectivity index (χ0n) is 11.9. The molecule has 2 heterocycles. The van der Waals surface area contributed by atoms with Crippen LogP contribution in [0.5, 0.6) is 0 Å². The van der Waals surface area contributed by atoms with Gasteiger partial charge in [0, 0.05) is 34.7 Å². The number of nitrogens with zero attached hydrogens (tertiary/aromatic N) is 1. The van der Waals surface area contributed by atoms with Crippen LogP contribution in [0.1, 0.15) is 17.7 Å². The van der Waals surface area contributed by atoms with Gasteiger partial charge in [-0.15, -0.1) is 0 Å². The van der Waals surface area contributed by atoms with E-state index in [1.807, 2.05) is 36.4 Å². The van der Waals surface area contributed by atoms with Crippen LogP contribution in [0.25, 0.3) is 10.9 Å². The van der Waals surface area contributed by atoms with E-state index >= 15 is 0 Å². The van der Waals surface area contributed by atoms with Gasteiger partial charge >= 0.3 is 5.97 Å². The van der Waals surface area contributed by atoms with Crippen LogP contribution < -0.4 is 0 Å². The van der Waals surface area contributed by atoms with E-state index in [0.717, 1.165) is 22.2 Å². The van der Waals surface area contributed by atoms with Gasteiger partial charge in [-0.05, 0) is 36.2 Å². The smallest absolute Gasteiger partial charge is 0.306 e. The van der Waals surface area contributed by atoms with Crippen molar-refractivity contribution in [2.24, 2.45) is 0 Å². The average Bonchev–Trinajstić information content (AvgIpc) is 2.96. The minimum absolute atomic E-state index is 0.219. The maximum Gasteiger partial charge on any atom is 0.306 e. The Bertz CT molecular complexity index is 784. The molecule has 5 heteroatoms. The van der Waals surface area contributed by atoms with Crippen LogP contribution >= 0.6 is 11.6 Å². The first-order valence-corrected chi connectivity index (χ1v) is 7.41. The van der Waals surface area contributed by atoms with Gasteiger partial charge in [-0.3, -0.25) is 9.78 Å². The Kier molecular flexibility index (Phi) is 4.39. The molecule has 112 valence electrons. The highest BCUT2D eigenvalue weighted by Crippen LogP contribution is 2.24. The van der Waals surface area contributed by atoms with Crippen molar-refractivity contribution < 1.29 is 9.53 Å². The number of halogens is 1. The van der Waals surface area contributed by atoms with Crippen LogP contribution in [-0.2, 0) is 22.6 Å². The molecule has 0 fully saturated rings. The summed E-state index contributed by atoms with van der Waals surface area (Å²) in [4.78, 5) is 19.0. The number of hydrogen-bond acceptors (Lipinski definition) is 3. The number of fused-ring (bicyclic) bond motifs is 1. The van der Waals surface area contributed by atoms with E-state index in [9.17, 15) is 4.79 Å². The van der Waals surface area contributed by atoms with Crippen LogP contribution in [0.3, 0.4) is 0 Å². The minimum Gasteiger partial charge on any atom is -0.459 e. The molecule has 0 aliphatic carbocycles. The average molecular weight is 315 g/mol. The van der Waals surface area contributed by atoms with Crippen molar-refractivity contribution in [2.75, 3.05) is 0 Å². The molecule has 3 aromatic rings. The summed E-state index contributed by atoms with van der Waals surface area (Å²) in [7, 11) is 0. The van der Waals surface area contributed by atoms with E-state index < -0.39 is 0 Å². The van der Waals surface area contributed by atoms with E-state index in [2.05, 4.69) is 9.97 Å². The van der Waals surface area contributed by atoms with Crippen molar-refractivity contribution in [2.45, 2.75) is 19.4 Å². The second kappa shape index (κ2) is 6.62. The van der Waals surface area contributed by atoms with E-state index in [4.69, 9.17) is 16.3 Å². The summed E-state index contributed by atoms with van der Waals surface area (Å²) < 4.78 is 5.29. The molecule has 0 bridgehead atoms. The number of ether oxygens (including phenoxy) is 1. The zero-order valence-corrected chi connectivity index (χ0v) is 12.6. The molecule has 0 aliphatic rings. The SMILES string of the molecule is O=C(CCc1cccnc1)OCc1cc2c(Cl)cccc2[nH]1. The van der Waals surface area contributed by atoms with Crippen LogP contribution in [0.15, 0.2) is 48.8 Å². The van der Waals surface area contributed by atoms with Gasteiger partial charge in [-0.1, -0.05) is 23.7 Å². The third-order valence-corrected chi connectivity index (χ3v) is 3.73. The monoisotopic (exact) mass is 314 g/mol. The Hall–Kier alpha value is -2.33. The standard InChI is InChI=1S/C17H15ClN2O2/c18-15-4-1-5-16-14(15)9-13(20-16)11-22-17(21)7-6-12-3-2-8-19-10-12/h1-5,8-10,20H,6-7,11H2. The van der Waals surface area contributed by atoms with Gasteiger partial charge in [0.2, 0.25) is 0 Å². The summed E-state index contributed by atoms with van der Waals surface area (Å²) in [6.45, 7) is 0.219. The first-order chi connectivity index (χ1) is 10.7. The van der Waals surface area contributed by atoms with Crippen LogP contribution in [0.2, 0.25) is 5.02 Å². The third-order valence-electron chi connectivity index (χ3n) is 3.40. The Labute approximate surface area is 133 Å². The zero-order chi connectivity index (χ0) is 15.4. The van der Waals surface area contributed by atoms with E-state index in [0.29, 0.717) is 17.9 Å². The summed E-state index contributed by atoms with van der Waals surface area (Å²) in [6.07, 6.45) is 4.44. The molecular weight excluding hydrogens is 300 g/mol. The number of rotatable bonds is 5. The minimum atomic E-state index is -0.228. The molecule has 0 saturated carbocycles. The molecule has 1 aromatic carbocycles. The molecule has 0 radical (unpaired) electrons. The lowest BCUT2D eigenvalue weighted by Gasteiger charge is -2.03. The maximum absolute atomic E-state index is 11.8. The topological polar surface area (TPSA) is 55.0 Å². The number of aromatic amines is 1. The van der Waals surface area contributed by atoms with Crippen molar-refractivity contribution in [3.8, 4) is 0 Å². The lowest BCUT2D eigenvalue weighted by Crippen LogP contribution is -2.06. The van der Waals surface area contributed by atoms with Crippen molar-refractivity contribution in [1.29, 1.82) is 0 Å². The van der Waals surface area contributed by atoms with Gasteiger partial charge < -0.3 is 9.72 Å². The summed E-state index contributed by atoms with van der Waals surface area (Å²) >= 11 is 6.12. The van der Waals surface area contributed by atoms with Crippen LogP contribution in [0, 0.1) is 0 Å². The normalized spacial score (nSPS) is 10.8. The summed E-state index contributed by atoms with van der Waals surface area (Å²) in [5.41, 5.74) is 2.79. The molecule has 1 N–H and O–H groups in total. The number of carbonyl (C=O) groups excluding carboxylic acids is 1. The highest BCUT2D eigenvalue weighted by molar-refractivity contribution is 6.35. The van der Waals surface area contributed by atoms with Crippen molar-refractivity contribution in [3.63, 3.8) is 0 Å². The quantitative estimate of drug-likeness (QED) is 0.727. The number of aryl methyl sites for hydroxylation is 1. The van der Waals surface area contributed by atoms with Crippen molar-refractivity contribution >= 4 is 28.5 Å². The second-order valence-electron chi connectivity index (χ2n) is 5.02. The number of hydrogen-bond donors (Lipinski definition) is 1. The summed E-state index contributed by atoms with van der Waals surface area (Å²) in [5.74, 6) is -0.228. The fourth-order valence-corrected chi connectivity index (χ4v) is 2.51. The molecule has 0 amide bonds. The molecule has 0 spiro atoms. The Morgan fingerprint density at radius 1 is 1.27 bits per heavy atom. The number of benzene rings is 1. The fraction of sp³-hybridized carbons (Fsp3) is 0.176. The maximum atomic E-state index is 11.8.